The highest BCUT2D eigenvalue weighted by Crippen LogP contribution is 2.16. The molecule has 0 fully saturated rings. The monoisotopic (exact) mass is 326 g/mol. The molecule has 0 aliphatic rings. The lowest BCUT2D eigenvalue weighted by Gasteiger charge is -2.07. The Hall–Kier alpha value is -2.08. The highest BCUT2D eigenvalue weighted by Gasteiger charge is 2.14. The fourth-order valence-electron chi connectivity index (χ4n) is 1.48. The van der Waals surface area contributed by atoms with Gasteiger partial charge in [-0.1, -0.05) is 5.92 Å². The molecule has 0 radical (unpaired) electrons. The van der Waals surface area contributed by atoms with Crippen LogP contribution in [0.5, 0.6) is 5.75 Å². The molecular formula is C14H18N2O5S. The Morgan fingerprint density at radius 3 is 2.59 bits per heavy atom. The molecule has 3 N–H and O–H groups in total. The van der Waals surface area contributed by atoms with Gasteiger partial charge in [0.05, 0.1) is 4.90 Å². The van der Waals surface area contributed by atoms with Crippen molar-refractivity contribution in [2.45, 2.75) is 18.2 Å². The van der Waals surface area contributed by atoms with Crippen molar-refractivity contribution >= 4 is 15.7 Å². The van der Waals surface area contributed by atoms with Crippen molar-refractivity contribution in [2.75, 3.05) is 19.0 Å². The number of sulfone groups is 1. The van der Waals surface area contributed by atoms with E-state index in [0.29, 0.717) is 5.75 Å². The Morgan fingerprint density at radius 2 is 2.00 bits per heavy atom. The van der Waals surface area contributed by atoms with Gasteiger partial charge in [0.15, 0.2) is 9.84 Å². The second kappa shape index (κ2) is 9.04. The zero-order valence-electron chi connectivity index (χ0n) is 12.1. The molecule has 0 aliphatic heterocycles. The Labute approximate surface area is 129 Å². The molecule has 0 unspecified atom stereocenters. The van der Waals surface area contributed by atoms with Gasteiger partial charge in [-0.15, -0.1) is 5.92 Å². The Morgan fingerprint density at radius 1 is 1.32 bits per heavy atom. The molecule has 0 heterocycles. The smallest absolute Gasteiger partial charge is 0.244 e. The summed E-state index contributed by atoms with van der Waals surface area (Å²) in [5.74, 6) is 5.09. The summed E-state index contributed by atoms with van der Waals surface area (Å²) in [7, 11) is -3.50. The van der Waals surface area contributed by atoms with Crippen molar-refractivity contribution in [3.8, 4) is 17.6 Å². The van der Waals surface area contributed by atoms with Gasteiger partial charge in [0.1, 0.15) is 18.2 Å². The summed E-state index contributed by atoms with van der Waals surface area (Å²) in [6, 6.07) is 6.02. The zero-order chi connectivity index (χ0) is 16.4. The number of hydrogen-bond acceptors (Lipinski definition) is 6. The molecule has 0 atom stereocenters. The van der Waals surface area contributed by atoms with Gasteiger partial charge in [0, 0.05) is 13.0 Å². The molecule has 0 spiro atoms. The molecule has 1 aromatic carbocycles. The van der Waals surface area contributed by atoms with Gasteiger partial charge in [-0.25, -0.2) is 13.9 Å². The van der Waals surface area contributed by atoms with E-state index in [0.717, 1.165) is 0 Å². The molecule has 120 valence electrons. The third kappa shape index (κ3) is 6.13. The maximum Gasteiger partial charge on any atom is 0.244 e. The van der Waals surface area contributed by atoms with E-state index in [1.54, 1.807) is 19.1 Å². The van der Waals surface area contributed by atoms with Crippen molar-refractivity contribution in [3.63, 3.8) is 0 Å². The molecule has 0 saturated carbocycles. The van der Waals surface area contributed by atoms with E-state index in [1.165, 1.54) is 17.6 Å². The van der Waals surface area contributed by atoms with Crippen LogP contribution in [0, 0.1) is 11.8 Å². The maximum atomic E-state index is 12.0. The van der Waals surface area contributed by atoms with Crippen LogP contribution in [-0.2, 0) is 14.6 Å². The van der Waals surface area contributed by atoms with Crippen LogP contribution in [0.2, 0.25) is 0 Å². The summed E-state index contributed by atoms with van der Waals surface area (Å²) in [4.78, 5) is 10.9. The molecule has 1 rings (SSSR count). The number of carbonyl (C=O) groups excluding carboxylic acids is 1. The van der Waals surface area contributed by atoms with E-state index >= 15 is 0 Å². The van der Waals surface area contributed by atoms with Crippen LogP contribution in [0.25, 0.3) is 0 Å². The quantitative estimate of drug-likeness (QED) is 0.275. The minimum absolute atomic E-state index is 0.0166. The Balaban J connectivity index is 2.53. The van der Waals surface area contributed by atoms with E-state index in [2.05, 4.69) is 17.2 Å². The van der Waals surface area contributed by atoms with Crippen LogP contribution in [0.1, 0.15) is 13.3 Å². The SMILES string of the molecule is CC#CCOc1ccc(S(=O)(=O)CNCCC(=O)NO)cc1. The number of hydroxylamine groups is 1. The van der Waals surface area contributed by atoms with E-state index in [-0.39, 0.29) is 30.3 Å². The molecule has 0 bridgehead atoms. The first kappa shape index (κ1) is 18.0. The number of ether oxygens (including phenoxy) is 1. The molecule has 8 heteroatoms. The molecule has 7 nitrogen and oxygen atoms in total. The van der Waals surface area contributed by atoms with Crippen molar-refractivity contribution in [1.82, 2.24) is 10.8 Å². The number of carbonyl (C=O) groups is 1. The van der Waals surface area contributed by atoms with E-state index < -0.39 is 15.7 Å². The third-order valence-corrected chi connectivity index (χ3v) is 4.19. The van der Waals surface area contributed by atoms with E-state index in [4.69, 9.17) is 9.94 Å². The number of benzene rings is 1. The Kier molecular flexibility index (Phi) is 7.39. The fraction of sp³-hybridized carbons (Fsp3) is 0.357. The van der Waals surface area contributed by atoms with Crippen LogP contribution in [-0.4, -0.2) is 38.6 Å². The molecule has 0 saturated heterocycles. The van der Waals surface area contributed by atoms with Crippen LogP contribution in [0.3, 0.4) is 0 Å². The molecule has 0 aromatic heterocycles. The van der Waals surface area contributed by atoms with Gasteiger partial charge in [-0.2, -0.15) is 0 Å². The van der Waals surface area contributed by atoms with Gasteiger partial charge in [0.25, 0.3) is 0 Å². The predicted molar refractivity (Wildman–Crippen MR) is 80.0 cm³/mol. The molecular weight excluding hydrogens is 308 g/mol. The molecule has 22 heavy (non-hydrogen) atoms. The van der Waals surface area contributed by atoms with Crippen LogP contribution in [0.15, 0.2) is 29.2 Å². The lowest BCUT2D eigenvalue weighted by atomic mass is 10.3. The summed E-state index contributed by atoms with van der Waals surface area (Å²) in [5.41, 5.74) is 1.47. The van der Waals surface area contributed by atoms with Gasteiger partial charge in [0.2, 0.25) is 5.91 Å². The summed E-state index contributed by atoms with van der Waals surface area (Å²) >= 11 is 0. The zero-order valence-corrected chi connectivity index (χ0v) is 12.9. The van der Waals surface area contributed by atoms with Crippen molar-refractivity contribution in [2.24, 2.45) is 0 Å². The fourth-order valence-corrected chi connectivity index (χ4v) is 2.61. The van der Waals surface area contributed by atoms with Gasteiger partial charge in [-0.05, 0) is 31.2 Å². The predicted octanol–water partition coefficient (Wildman–Crippen LogP) is 0.305. The maximum absolute atomic E-state index is 12.0. The Bertz CT molecular complexity index is 644. The van der Waals surface area contributed by atoms with Crippen molar-refractivity contribution < 1.29 is 23.2 Å². The molecule has 1 aromatic rings. The highest BCUT2D eigenvalue weighted by molar-refractivity contribution is 7.91. The standard InChI is InChI=1S/C14H18N2O5S/c1-2-3-10-21-12-4-6-13(7-5-12)22(19,20)11-15-9-8-14(17)16-18/h4-7,15,18H,8-11H2,1H3,(H,16,17). The van der Waals surface area contributed by atoms with Crippen molar-refractivity contribution in [1.29, 1.82) is 0 Å². The lowest BCUT2D eigenvalue weighted by Crippen LogP contribution is -2.28. The second-order valence-corrected chi connectivity index (χ2v) is 6.22. The lowest BCUT2D eigenvalue weighted by molar-refractivity contribution is -0.129. The summed E-state index contributed by atoms with van der Waals surface area (Å²) < 4.78 is 29.4. The van der Waals surface area contributed by atoms with E-state index in [1.807, 2.05) is 0 Å². The number of hydrogen-bond donors (Lipinski definition) is 3. The van der Waals surface area contributed by atoms with Crippen LogP contribution in [0.4, 0.5) is 0 Å². The van der Waals surface area contributed by atoms with Gasteiger partial charge >= 0.3 is 0 Å². The summed E-state index contributed by atoms with van der Waals surface area (Å²) in [6.45, 7) is 2.09. The third-order valence-electron chi connectivity index (χ3n) is 2.62. The summed E-state index contributed by atoms with van der Waals surface area (Å²) in [5, 5.41) is 10.9. The first-order valence-corrected chi connectivity index (χ1v) is 8.13. The van der Waals surface area contributed by atoms with Crippen LogP contribution < -0.4 is 15.5 Å². The first-order valence-electron chi connectivity index (χ1n) is 6.48. The largest absolute Gasteiger partial charge is 0.481 e. The van der Waals surface area contributed by atoms with Crippen molar-refractivity contribution in [3.05, 3.63) is 24.3 Å². The number of nitrogens with one attached hydrogen (secondary N) is 2. The van der Waals surface area contributed by atoms with Gasteiger partial charge in [-0.3, -0.25) is 10.0 Å². The summed E-state index contributed by atoms with van der Waals surface area (Å²) in [6.07, 6.45) is -0.0166. The molecule has 0 aliphatic carbocycles. The average Bonchev–Trinajstić information content (AvgIpc) is 2.52. The minimum Gasteiger partial charge on any atom is -0.481 e. The minimum atomic E-state index is -3.50. The number of amides is 1. The van der Waals surface area contributed by atoms with Gasteiger partial charge < -0.3 is 10.1 Å². The average molecular weight is 326 g/mol. The first-order chi connectivity index (χ1) is 10.5. The van der Waals surface area contributed by atoms with Crippen LogP contribution >= 0.6 is 0 Å². The number of rotatable bonds is 8. The van der Waals surface area contributed by atoms with E-state index in [9.17, 15) is 13.2 Å². The second-order valence-electron chi connectivity index (χ2n) is 4.23. The topological polar surface area (TPSA) is 105 Å². The normalized spacial score (nSPS) is 10.5. The highest BCUT2D eigenvalue weighted by atomic mass is 32.2. The molecule has 1 amide bonds.